The maximum Gasteiger partial charge on any atom is 0.102 e. The van der Waals surface area contributed by atoms with E-state index in [9.17, 15) is 10.2 Å². The molecule has 0 amide bonds. The predicted molar refractivity (Wildman–Crippen MR) is 70.6 cm³/mol. The molecule has 0 spiro atoms. The van der Waals surface area contributed by atoms with Gasteiger partial charge in [-0.3, -0.25) is 5.32 Å². The van der Waals surface area contributed by atoms with Crippen LogP contribution in [0.3, 0.4) is 0 Å². The van der Waals surface area contributed by atoms with E-state index in [1.54, 1.807) is 19.1 Å². The van der Waals surface area contributed by atoms with Gasteiger partial charge < -0.3 is 26.8 Å². The highest BCUT2D eigenvalue weighted by Gasteiger charge is 2.14. The highest BCUT2D eigenvalue weighted by molar-refractivity contribution is 5.62. The minimum absolute atomic E-state index is 0.226. The van der Waals surface area contributed by atoms with Gasteiger partial charge in [0.1, 0.15) is 6.23 Å². The van der Waals surface area contributed by atoms with Gasteiger partial charge in [-0.2, -0.15) is 0 Å². The Bertz CT molecular complexity index is 396. The van der Waals surface area contributed by atoms with Crippen molar-refractivity contribution in [2.24, 2.45) is 0 Å². The molecule has 0 aliphatic heterocycles. The lowest BCUT2D eigenvalue weighted by Gasteiger charge is -2.18. The summed E-state index contributed by atoms with van der Waals surface area (Å²) in [6.45, 7) is 1.62. The summed E-state index contributed by atoms with van der Waals surface area (Å²) < 4.78 is 0. The van der Waals surface area contributed by atoms with Gasteiger partial charge in [0.25, 0.3) is 0 Å². The second kappa shape index (κ2) is 6.55. The summed E-state index contributed by atoms with van der Waals surface area (Å²) in [6.07, 6.45) is -1.31. The largest absolute Gasteiger partial charge is 0.398 e. The summed E-state index contributed by atoms with van der Waals surface area (Å²) in [5.74, 6) is 0. The van der Waals surface area contributed by atoms with Crippen molar-refractivity contribution in [3.63, 3.8) is 0 Å². The first kappa shape index (κ1) is 14.7. The van der Waals surface area contributed by atoms with Gasteiger partial charge in [0.2, 0.25) is 0 Å². The standard InChI is InChI=1S/C12H21N3O3/c1-7(17)15-5-10-9(4-8(18)6-16)11(13)2-3-12(10)14/h2-3,7-8,15-18H,4-6,13-14H2,1H3. The fourth-order valence-electron chi connectivity index (χ4n) is 1.73. The van der Waals surface area contributed by atoms with E-state index in [0.29, 0.717) is 23.5 Å². The molecule has 102 valence electrons. The van der Waals surface area contributed by atoms with Crippen LogP contribution in [0, 0.1) is 0 Å². The zero-order chi connectivity index (χ0) is 13.7. The maximum absolute atomic E-state index is 9.51. The summed E-state index contributed by atoms with van der Waals surface area (Å²) in [5.41, 5.74) is 14.2. The number of hydrogen-bond donors (Lipinski definition) is 6. The van der Waals surface area contributed by atoms with Crippen LogP contribution < -0.4 is 16.8 Å². The average molecular weight is 255 g/mol. The molecule has 8 N–H and O–H groups in total. The van der Waals surface area contributed by atoms with Gasteiger partial charge in [-0.25, -0.2) is 0 Å². The third-order valence-electron chi connectivity index (χ3n) is 2.73. The first-order valence-corrected chi connectivity index (χ1v) is 5.81. The molecule has 0 aromatic heterocycles. The average Bonchev–Trinajstić information content (AvgIpc) is 2.32. The second-order valence-electron chi connectivity index (χ2n) is 4.30. The number of aliphatic hydroxyl groups excluding tert-OH is 3. The molecule has 0 aliphatic carbocycles. The van der Waals surface area contributed by atoms with Crippen LogP contribution in [0.2, 0.25) is 0 Å². The molecule has 0 radical (unpaired) electrons. The second-order valence-corrected chi connectivity index (χ2v) is 4.30. The Morgan fingerprint density at radius 3 is 2.22 bits per heavy atom. The molecular formula is C12H21N3O3. The van der Waals surface area contributed by atoms with E-state index in [4.69, 9.17) is 16.6 Å². The number of anilines is 2. The molecule has 0 saturated heterocycles. The molecule has 2 unspecified atom stereocenters. The lowest BCUT2D eigenvalue weighted by molar-refractivity contribution is 0.0953. The van der Waals surface area contributed by atoms with Crippen molar-refractivity contribution < 1.29 is 15.3 Å². The van der Waals surface area contributed by atoms with Gasteiger partial charge in [0.15, 0.2) is 0 Å². The van der Waals surface area contributed by atoms with E-state index in [2.05, 4.69) is 5.32 Å². The molecule has 0 fully saturated rings. The zero-order valence-corrected chi connectivity index (χ0v) is 10.4. The SMILES string of the molecule is CC(O)NCc1c(N)ccc(N)c1CC(O)CO. The number of aliphatic hydroxyl groups is 3. The molecule has 0 saturated carbocycles. The van der Waals surface area contributed by atoms with Crippen LogP contribution in [0.4, 0.5) is 11.4 Å². The van der Waals surface area contributed by atoms with E-state index in [0.717, 1.165) is 5.56 Å². The highest BCUT2D eigenvalue weighted by atomic mass is 16.3. The van der Waals surface area contributed by atoms with E-state index < -0.39 is 12.3 Å². The number of nitrogens with two attached hydrogens (primary N) is 2. The smallest absolute Gasteiger partial charge is 0.102 e. The molecule has 1 aromatic rings. The fourth-order valence-corrected chi connectivity index (χ4v) is 1.73. The summed E-state index contributed by atoms with van der Waals surface area (Å²) in [6, 6.07) is 3.35. The molecule has 0 aliphatic rings. The minimum Gasteiger partial charge on any atom is -0.398 e. The Morgan fingerprint density at radius 1 is 1.17 bits per heavy atom. The monoisotopic (exact) mass is 255 g/mol. The first-order chi connectivity index (χ1) is 8.45. The third kappa shape index (κ3) is 3.85. The molecule has 0 bridgehead atoms. The van der Waals surface area contributed by atoms with Crippen molar-refractivity contribution in [2.45, 2.75) is 32.2 Å². The quantitative estimate of drug-likeness (QED) is 0.291. The van der Waals surface area contributed by atoms with Gasteiger partial charge in [-0.15, -0.1) is 0 Å². The Hall–Kier alpha value is -1.34. The van der Waals surface area contributed by atoms with Crippen molar-refractivity contribution >= 4 is 11.4 Å². The molecule has 1 aromatic carbocycles. The Morgan fingerprint density at radius 2 is 1.72 bits per heavy atom. The highest BCUT2D eigenvalue weighted by Crippen LogP contribution is 2.24. The molecule has 6 nitrogen and oxygen atoms in total. The van der Waals surface area contributed by atoms with Gasteiger partial charge in [-0.1, -0.05) is 0 Å². The number of benzene rings is 1. The number of nitrogen functional groups attached to an aromatic ring is 2. The molecular weight excluding hydrogens is 234 g/mol. The lowest BCUT2D eigenvalue weighted by atomic mass is 9.98. The number of hydrogen-bond acceptors (Lipinski definition) is 6. The van der Waals surface area contributed by atoms with Crippen molar-refractivity contribution in [1.82, 2.24) is 5.32 Å². The maximum atomic E-state index is 9.51. The number of rotatable bonds is 6. The van der Waals surface area contributed by atoms with Gasteiger partial charge >= 0.3 is 0 Å². The van der Waals surface area contributed by atoms with E-state index in [-0.39, 0.29) is 13.0 Å². The van der Waals surface area contributed by atoms with Crippen molar-refractivity contribution in [3.05, 3.63) is 23.3 Å². The van der Waals surface area contributed by atoms with E-state index in [1.165, 1.54) is 0 Å². The third-order valence-corrected chi connectivity index (χ3v) is 2.73. The van der Waals surface area contributed by atoms with Crippen LogP contribution in [-0.2, 0) is 13.0 Å². The van der Waals surface area contributed by atoms with Crippen molar-refractivity contribution in [2.75, 3.05) is 18.1 Å². The normalized spacial score (nSPS) is 14.4. The van der Waals surface area contributed by atoms with Crippen LogP contribution in [0.5, 0.6) is 0 Å². The molecule has 2 atom stereocenters. The van der Waals surface area contributed by atoms with Crippen molar-refractivity contribution in [3.8, 4) is 0 Å². The summed E-state index contributed by atoms with van der Waals surface area (Å²) in [7, 11) is 0. The van der Waals surface area contributed by atoms with Crippen LogP contribution in [0.15, 0.2) is 12.1 Å². The zero-order valence-electron chi connectivity index (χ0n) is 10.4. The van der Waals surface area contributed by atoms with Gasteiger partial charge in [-0.05, 0) is 30.2 Å². The lowest BCUT2D eigenvalue weighted by Crippen LogP contribution is -2.27. The fraction of sp³-hybridized carbons (Fsp3) is 0.500. The Kier molecular flexibility index (Phi) is 5.36. The molecule has 6 heteroatoms. The minimum atomic E-state index is -0.876. The number of nitrogens with one attached hydrogen (secondary N) is 1. The Balaban J connectivity index is 3.00. The van der Waals surface area contributed by atoms with Crippen molar-refractivity contribution in [1.29, 1.82) is 0 Å². The summed E-state index contributed by atoms with van der Waals surface area (Å²) in [5, 5.41) is 30.5. The first-order valence-electron chi connectivity index (χ1n) is 5.81. The van der Waals surface area contributed by atoms with Crippen LogP contribution in [0.25, 0.3) is 0 Å². The Labute approximate surface area is 106 Å². The van der Waals surface area contributed by atoms with Gasteiger partial charge in [0, 0.05) is 24.3 Å². The molecule has 0 heterocycles. The summed E-state index contributed by atoms with van der Waals surface area (Å²) in [4.78, 5) is 0. The van der Waals surface area contributed by atoms with Crippen LogP contribution in [-0.4, -0.2) is 34.3 Å². The van der Waals surface area contributed by atoms with Gasteiger partial charge in [0.05, 0.1) is 12.7 Å². The van der Waals surface area contributed by atoms with Crippen LogP contribution >= 0.6 is 0 Å². The topological polar surface area (TPSA) is 125 Å². The summed E-state index contributed by atoms with van der Waals surface area (Å²) >= 11 is 0. The van der Waals surface area contributed by atoms with E-state index >= 15 is 0 Å². The van der Waals surface area contributed by atoms with Crippen LogP contribution in [0.1, 0.15) is 18.1 Å². The molecule has 1 rings (SSSR count). The molecule has 18 heavy (non-hydrogen) atoms. The predicted octanol–water partition coefficient (Wildman–Crippen LogP) is -0.825. The van der Waals surface area contributed by atoms with E-state index in [1.807, 2.05) is 0 Å².